The van der Waals surface area contributed by atoms with Crippen molar-refractivity contribution >= 4 is 22.4 Å². The molecule has 1 rings (SSSR count). The molecule has 1 saturated heterocycles. The lowest BCUT2D eigenvalue weighted by Crippen LogP contribution is -2.37. The highest BCUT2D eigenvalue weighted by Gasteiger charge is 2.16. The number of rotatable bonds is 5. The highest BCUT2D eigenvalue weighted by atomic mass is 35.5. The lowest BCUT2D eigenvalue weighted by molar-refractivity contribution is 0.0200. The van der Waals surface area contributed by atoms with Gasteiger partial charge in [0.1, 0.15) is 0 Å². The van der Waals surface area contributed by atoms with Crippen LogP contribution in [0.2, 0.25) is 0 Å². The van der Waals surface area contributed by atoms with E-state index in [4.69, 9.17) is 10.5 Å². The summed E-state index contributed by atoms with van der Waals surface area (Å²) < 4.78 is 30.3. The first-order chi connectivity index (χ1) is 6.64. The molecule has 92 valence electrons. The Hall–Kier alpha value is 0.120. The van der Waals surface area contributed by atoms with Gasteiger partial charge in [-0.05, 0) is 19.3 Å². The Bertz CT molecular complexity index is 253. The summed E-state index contributed by atoms with van der Waals surface area (Å²) in [5.74, 6) is -0.0142. The third-order valence-electron chi connectivity index (χ3n) is 2.19. The predicted octanol–water partition coefficient (Wildman–Crippen LogP) is -0.145. The van der Waals surface area contributed by atoms with Gasteiger partial charge in [-0.2, -0.15) is 0 Å². The molecule has 0 aromatic rings. The van der Waals surface area contributed by atoms with Crippen molar-refractivity contribution in [3.63, 3.8) is 0 Å². The number of ether oxygens (including phenoxy) is 1. The first-order valence-corrected chi connectivity index (χ1v) is 6.58. The number of sulfonamides is 1. The minimum atomic E-state index is -3.19. The van der Waals surface area contributed by atoms with E-state index in [1.54, 1.807) is 0 Å². The Morgan fingerprint density at radius 3 is 2.67 bits per heavy atom. The second-order valence-corrected chi connectivity index (χ2v) is 5.37. The molecule has 0 aromatic carbocycles. The molecule has 0 aromatic heterocycles. The van der Waals surface area contributed by atoms with Gasteiger partial charge in [0.05, 0.1) is 11.9 Å². The van der Waals surface area contributed by atoms with Gasteiger partial charge in [0.15, 0.2) is 0 Å². The lowest BCUT2D eigenvalue weighted by atomic mass is 10.1. The molecule has 1 atom stereocenters. The molecule has 1 aliphatic rings. The maximum absolute atomic E-state index is 11.2. The van der Waals surface area contributed by atoms with Crippen LogP contribution in [0.25, 0.3) is 0 Å². The van der Waals surface area contributed by atoms with E-state index in [0.29, 0.717) is 6.54 Å². The van der Waals surface area contributed by atoms with Crippen LogP contribution in [0.5, 0.6) is 0 Å². The average molecular weight is 259 g/mol. The van der Waals surface area contributed by atoms with Crippen molar-refractivity contribution in [3.8, 4) is 0 Å². The van der Waals surface area contributed by atoms with E-state index in [1.165, 1.54) is 0 Å². The molecule has 5 nitrogen and oxygen atoms in total. The summed E-state index contributed by atoms with van der Waals surface area (Å²) in [7, 11) is -3.19. The van der Waals surface area contributed by atoms with Crippen molar-refractivity contribution in [3.05, 3.63) is 0 Å². The van der Waals surface area contributed by atoms with Crippen molar-refractivity contribution in [2.75, 3.05) is 25.4 Å². The van der Waals surface area contributed by atoms with E-state index in [-0.39, 0.29) is 30.8 Å². The largest absolute Gasteiger partial charge is 0.377 e. The van der Waals surface area contributed by atoms with Gasteiger partial charge in [0.25, 0.3) is 0 Å². The second-order valence-electron chi connectivity index (χ2n) is 3.44. The Labute approximate surface area is 97.2 Å². The molecule has 1 heterocycles. The molecule has 0 bridgehead atoms. The zero-order valence-corrected chi connectivity index (χ0v) is 10.3. The van der Waals surface area contributed by atoms with Gasteiger partial charge >= 0.3 is 0 Å². The molecule has 15 heavy (non-hydrogen) atoms. The fraction of sp³-hybridized carbons (Fsp3) is 1.00. The number of halogens is 1. The summed E-state index contributed by atoms with van der Waals surface area (Å²) in [5, 5.41) is 0. The molecule has 3 N–H and O–H groups in total. The van der Waals surface area contributed by atoms with E-state index in [1.807, 2.05) is 0 Å². The summed E-state index contributed by atoms with van der Waals surface area (Å²) in [5.41, 5.74) is 5.17. The SMILES string of the molecule is Cl.NCCS(=O)(=O)NCC1CCCCO1. The Morgan fingerprint density at radius 1 is 1.40 bits per heavy atom. The minimum Gasteiger partial charge on any atom is -0.377 e. The normalized spacial score (nSPS) is 22.1. The van der Waals surface area contributed by atoms with Gasteiger partial charge < -0.3 is 10.5 Å². The molecule has 1 fully saturated rings. The van der Waals surface area contributed by atoms with E-state index >= 15 is 0 Å². The molecule has 0 saturated carbocycles. The monoisotopic (exact) mass is 258 g/mol. The summed E-state index contributed by atoms with van der Waals surface area (Å²) in [4.78, 5) is 0. The topological polar surface area (TPSA) is 81.4 Å². The summed E-state index contributed by atoms with van der Waals surface area (Å²) >= 11 is 0. The predicted molar refractivity (Wildman–Crippen MR) is 61.7 cm³/mol. The van der Waals surface area contributed by atoms with Crippen LogP contribution in [0.3, 0.4) is 0 Å². The van der Waals surface area contributed by atoms with Crippen LogP contribution < -0.4 is 10.5 Å². The number of hydrogen-bond acceptors (Lipinski definition) is 4. The molecule has 1 aliphatic heterocycles. The summed E-state index contributed by atoms with van der Waals surface area (Å²) in [6.07, 6.45) is 3.16. The smallest absolute Gasteiger partial charge is 0.212 e. The zero-order chi connectivity index (χ0) is 10.4. The summed E-state index contributed by atoms with van der Waals surface area (Å²) in [6.45, 7) is 1.27. The Kier molecular flexibility index (Phi) is 7.46. The Balaban J connectivity index is 0.00000196. The molecule has 0 amide bonds. The number of nitrogens with two attached hydrogens (primary N) is 1. The molecular formula is C8H19ClN2O3S. The van der Waals surface area contributed by atoms with Gasteiger partial charge in [-0.3, -0.25) is 0 Å². The number of hydrogen-bond donors (Lipinski definition) is 2. The average Bonchev–Trinajstić information content (AvgIpc) is 2.17. The van der Waals surface area contributed by atoms with Crippen molar-refractivity contribution in [2.45, 2.75) is 25.4 Å². The van der Waals surface area contributed by atoms with Crippen molar-refractivity contribution in [2.24, 2.45) is 5.73 Å². The third-order valence-corrected chi connectivity index (χ3v) is 3.57. The fourth-order valence-electron chi connectivity index (χ4n) is 1.42. The van der Waals surface area contributed by atoms with E-state index < -0.39 is 10.0 Å². The quantitative estimate of drug-likeness (QED) is 0.719. The zero-order valence-electron chi connectivity index (χ0n) is 8.65. The number of nitrogens with one attached hydrogen (secondary N) is 1. The van der Waals surface area contributed by atoms with E-state index in [2.05, 4.69) is 4.72 Å². The Morgan fingerprint density at radius 2 is 2.13 bits per heavy atom. The van der Waals surface area contributed by atoms with Crippen LogP contribution in [0.4, 0.5) is 0 Å². The van der Waals surface area contributed by atoms with E-state index in [9.17, 15) is 8.42 Å². The van der Waals surface area contributed by atoms with Crippen LogP contribution >= 0.6 is 12.4 Å². The van der Waals surface area contributed by atoms with Crippen molar-refractivity contribution in [1.82, 2.24) is 4.72 Å². The third kappa shape index (κ3) is 6.32. The van der Waals surface area contributed by atoms with Gasteiger partial charge in [-0.1, -0.05) is 0 Å². The highest BCUT2D eigenvalue weighted by molar-refractivity contribution is 7.89. The van der Waals surface area contributed by atoms with Gasteiger partial charge in [-0.15, -0.1) is 12.4 Å². The highest BCUT2D eigenvalue weighted by Crippen LogP contribution is 2.11. The molecule has 1 unspecified atom stereocenters. The first-order valence-electron chi connectivity index (χ1n) is 4.93. The van der Waals surface area contributed by atoms with E-state index in [0.717, 1.165) is 25.9 Å². The molecule has 7 heteroatoms. The first kappa shape index (κ1) is 15.1. The van der Waals surface area contributed by atoms with Gasteiger partial charge in [0, 0.05) is 19.7 Å². The fourth-order valence-corrected chi connectivity index (χ4v) is 2.31. The van der Waals surface area contributed by atoms with Crippen LogP contribution in [-0.2, 0) is 14.8 Å². The lowest BCUT2D eigenvalue weighted by Gasteiger charge is -2.22. The van der Waals surface area contributed by atoms with Crippen molar-refractivity contribution in [1.29, 1.82) is 0 Å². The molecule has 0 spiro atoms. The molecule has 0 radical (unpaired) electrons. The van der Waals surface area contributed by atoms with Crippen LogP contribution in [-0.4, -0.2) is 40.0 Å². The maximum Gasteiger partial charge on any atom is 0.212 e. The van der Waals surface area contributed by atoms with Crippen molar-refractivity contribution < 1.29 is 13.2 Å². The minimum absolute atomic E-state index is 0. The maximum atomic E-state index is 11.2. The van der Waals surface area contributed by atoms with Crippen LogP contribution in [0, 0.1) is 0 Å². The second kappa shape index (κ2) is 7.40. The molecule has 0 aliphatic carbocycles. The van der Waals surface area contributed by atoms with Gasteiger partial charge in [0.2, 0.25) is 10.0 Å². The summed E-state index contributed by atoms with van der Waals surface area (Å²) in [6, 6.07) is 0. The molecular weight excluding hydrogens is 240 g/mol. The van der Waals surface area contributed by atoms with Crippen LogP contribution in [0.15, 0.2) is 0 Å². The van der Waals surface area contributed by atoms with Gasteiger partial charge in [-0.25, -0.2) is 13.1 Å². The standard InChI is InChI=1S/C8H18N2O3S.ClH/c9-4-6-14(11,12)10-7-8-3-1-2-5-13-8;/h8,10H,1-7,9H2;1H. The van der Waals surface area contributed by atoms with Crippen LogP contribution in [0.1, 0.15) is 19.3 Å².